The van der Waals surface area contributed by atoms with Crippen LogP contribution in [0.25, 0.3) is 6.08 Å². The molecule has 0 unspecified atom stereocenters. The highest BCUT2D eigenvalue weighted by atomic mass is 32.2. The second-order valence-electron chi connectivity index (χ2n) is 5.99. The fourth-order valence-corrected chi connectivity index (χ4v) is 3.21. The van der Waals surface area contributed by atoms with E-state index in [0.29, 0.717) is 6.54 Å². The molecule has 0 aliphatic heterocycles. The molecule has 0 aliphatic rings. The second kappa shape index (κ2) is 9.89. The SMILES string of the molecule is Cc1cccc(CCNC(=O)CCNS(=O)(=O)/C=C/c2ccccc2)c1. The van der Waals surface area contributed by atoms with Crippen LogP contribution in [0.2, 0.25) is 0 Å². The van der Waals surface area contributed by atoms with Gasteiger partial charge in [0.25, 0.3) is 0 Å². The fraction of sp³-hybridized carbons (Fsp3) is 0.250. The number of aryl methyl sites for hydroxylation is 1. The van der Waals surface area contributed by atoms with Crippen molar-refractivity contribution in [1.29, 1.82) is 0 Å². The molecule has 6 heteroatoms. The van der Waals surface area contributed by atoms with E-state index in [-0.39, 0.29) is 18.9 Å². The van der Waals surface area contributed by atoms with Gasteiger partial charge in [-0.2, -0.15) is 0 Å². The largest absolute Gasteiger partial charge is 0.356 e. The summed E-state index contributed by atoms with van der Waals surface area (Å²) in [7, 11) is -3.55. The lowest BCUT2D eigenvalue weighted by molar-refractivity contribution is -0.120. The zero-order valence-electron chi connectivity index (χ0n) is 14.8. The summed E-state index contributed by atoms with van der Waals surface area (Å²) < 4.78 is 26.2. The van der Waals surface area contributed by atoms with Gasteiger partial charge >= 0.3 is 0 Å². The van der Waals surface area contributed by atoms with Crippen LogP contribution in [0, 0.1) is 6.92 Å². The van der Waals surface area contributed by atoms with E-state index in [4.69, 9.17) is 0 Å². The molecule has 0 radical (unpaired) electrons. The third-order valence-electron chi connectivity index (χ3n) is 3.71. The molecule has 0 aromatic heterocycles. The summed E-state index contributed by atoms with van der Waals surface area (Å²) >= 11 is 0. The Morgan fingerprint density at radius 1 is 1.04 bits per heavy atom. The van der Waals surface area contributed by atoms with E-state index in [0.717, 1.165) is 23.0 Å². The zero-order chi connectivity index (χ0) is 18.8. The van der Waals surface area contributed by atoms with Crippen LogP contribution in [-0.4, -0.2) is 27.4 Å². The molecule has 2 N–H and O–H groups in total. The van der Waals surface area contributed by atoms with Crippen LogP contribution >= 0.6 is 0 Å². The Labute approximate surface area is 155 Å². The molecule has 2 aromatic carbocycles. The topological polar surface area (TPSA) is 75.3 Å². The predicted octanol–water partition coefficient (Wildman–Crippen LogP) is 2.63. The first-order chi connectivity index (χ1) is 12.4. The molecule has 1 amide bonds. The molecule has 5 nitrogen and oxygen atoms in total. The lowest BCUT2D eigenvalue weighted by atomic mass is 10.1. The van der Waals surface area contributed by atoms with Crippen molar-refractivity contribution >= 4 is 22.0 Å². The molecule has 0 fully saturated rings. The molecule has 0 bridgehead atoms. The van der Waals surface area contributed by atoms with E-state index in [1.807, 2.05) is 55.5 Å². The number of nitrogens with one attached hydrogen (secondary N) is 2. The molecule has 0 saturated carbocycles. The monoisotopic (exact) mass is 372 g/mol. The molecule has 26 heavy (non-hydrogen) atoms. The van der Waals surface area contributed by atoms with Gasteiger partial charge in [-0.15, -0.1) is 0 Å². The Hall–Kier alpha value is -2.44. The summed E-state index contributed by atoms with van der Waals surface area (Å²) in [5, 5.41) is 3.91. The number of rotatable bonds is 9. The highest BCUT2D eigenvalue weighted by molar-refractivity contribution is 7.92. The molecule has 0 spiro atoms. The van der Waals surface area contributed by atoms with Gasteiger partial charge in [0, 0.05) is 24.9 Å². The number of amides is 1. The van der Waals surface area contributed by atoms with Crippen LogP contribution < -0.4 is 10.0 Å². The first-order valence-corrected chi connectivity index (χ1v) is 10.0. The van der Waals surface area contributed by atoms with Crippen molar-refractivity contribution in [2.45, 2.75) is 19.8 Å². The van der Waals surface area contributed by atoms with E-state index in [1.54, 1.807) is 0 Å². The minimum atomic E-state index is -3.55. The van der Waals surface area contributed by atoms with Crippen LogP contribution in [0.4, 0.5) is 0 Å². The van der Waals surface area contributed by atoms with Gasteiger partial charge in [0.05, 0.1) is 0 Å². The van der Waals surface area contributed by atoms with E-state index in [1.165, 1.54) is 11.6 Å². The van der Waals surface area contributed by atoms with Crippen molar-refractivity contribution in [3.8, 4) is 0 Å². The summed E-state index contributed by atoms with van der Waals surface area (Å²) in [6, 6.07) is 17.3. The van der Waals surface area contributed by atoms with Crippen molar-refractivity contribution in [1.82, 2.24) is 10.0 Å². The zero-order valence-corrected chi connectivity index (χ0v) is 15.6. The first kappa shape index (κ1) is 19.9. The maximum absolute atomic E-state index is 11.9. The Balaban J connectivity index is 1.68. The van der Waals surface area contributed by atoms with Gasteiger partial charge in [-0.3, -0.25) is 4.79 Å². The minimum absolute atomic E-state index is 0.0672. The van der Waals surface area contributed by atoms with Gasteiger partial charge in [-0.25, -0.2) is 13.1 Å². The third kappa shape index (κ3) is 7.63. The molecular formula is C20H24N2O3S. The van der Waals surface area contributed by atoms with Gasteiger partial charge in [-0.1, -0.05) is 60.2 Å². The lowest BCUT2D eigenvalue weighted by Gasteiger charge is -2.06. The minimum Gasteiger partial charge on any atom is -0.356 e. The molecule has 0 heterocycles. The summed E-state index contributed by atoms with van der Waals surface area (Å²) in [5.41, 5.74) is 3.15. The number of carbonyl (C=O) groups is 1. The Kier molecular flexibility index (Phi) is 7.56. The Morgan fingerprint density at radius 3 is 2.54 bits per heavy atom. The van der Waals surface area contributed by atoms with Crippen LogP contribution in [-0.2, 0) is 21.2 Å². The Morgan fingerprint density at radius 2 is 1.81 bits per heavy atom. The average Bonchev–Trinajstić information content (AvgIpc) is 2.61. The van der Waals surface area contributed by atoms with Gasteiger partial charge in [-0.05, 0) is 30.5 Å². The van der Waals surface area contributed by atoms with Gasteiger partial charge in [0.15, 0.2) is 0 Å². The van der Waals surface area contributed by atoms with Crippen molar-refractivity contribution < 1.29 is 13.2 Å². The van der Waals surface area contributed by atoms with E-state index < -0.39 is 10.0 Å². The van der Waals surface area contributed by atoms with Gasteiger partial charge < -0.3 is 5.32 Å². The average molecular weight is 372 g/mol. The molecule has 0 aliphatic carbocycles. The summed E-state index contributed by atoms with van der Waals surface area (Å²) in [4.78, 5) is 11.8. The van der Waals surface area contributed by atoms with E-state index in [9.17, 15) is 13.2 Å². The molecule has 2 aromatic rings. The number of carbonyl (C=O) groups excluding carboxylic acids is 1. The van der Waals surface area contributed by atoms with Gasteiger partial charge in [0.1, 0.15) is 0 Å². The van der Waals surface area contributed by atoms with Crippen molar-refractivity contribution in [3.63, 3.8) is 0 Å². The summed E-state index contributed by atoms with van der Waals surface area (Å²) in [6.45, 7) is 2.63. The standard InChI is InChI=1S/C20H24N2O3S/c1-17-6-5-9-19(16-17)10-13-21-20(23)11-14-22-26(24,25)15-12-18-7-3-2-4-8-18/h2-9,12,15-16,22H,10-11,13-14H2,1H3,(H,21,23)/b15-12+. The predicted molar refractivity (Wildman–Crippen MR) is 105 cm³/mol. The maximum atomic E-state index is 11.9. The summed E-state index contributed by atoms with van der Waals surface area (Å²) in [5.74, 6) is -0.174. The number of sulfonamides is 1. The number of hydrogen-bond acceptors (Lipinski definition) is 3. The molecule has 0 saturated heterocycles. The highest BCUT2D eigenvalue weighted by Crippen LogP contribution is 2.04. The van der Waals surface area contributed by atoms with Crippen LogP contribution in [0.1, 0.15) is 23.1 Å². The molecule has 138 valence electrons. The molecule has 2 rings (SSSR count). The lowest BCUT2D eigenvalue weighted by Crippen LogP contribution is -2.30. The maximum Gasteiger partial charge on any atom is 0.233 e. The van der Waals surface area contributed by atoms with Crippen LogP contribution in [0.3, 0.4) is 0 Å². The highest BCUT2D eigenvalue weighted by Gasteiger charge is 2.07. The van der Waals surface area contributed by atoms with E-state index >= 15 is 0 Å². The van der Waals surface area contributed by atoms with Crippen molar-refractivity contribution in [3.05, 3.63) is 76.7 Å². The first-order valence-electron chi connectivity index (χ1n) is 8.50. The number of hydrogen-bond donors (Lipinski definition) is 2. The van der Waals surface area contributed by atoms with Crippen LogP contribution in [0.15, 0.2) is 60.0 Å². The quantitative estimate of drug-likeness (QED) is 0.710. The van der Waals surface area contributed by atoms with Gasteiger partial charge in [0.2, 0.25) is 15.9 Å². The molecule has 0 atom stereocenters. The second-order valence-corrected chi connectivity index (χ2v) is 7.64. The molecular weight excluding hydrogens is 348 g/mol. The Bertz CT molecular complexity index is 846. The van der Waals surface area contributed by atoms with Crippen LogP contribution in [0.5, 0.6) is 0 Å². The number of benzene rings is 2. The normalized spacial score (nSPS) is 11.6. The van der Waals surface area contributed by atoms with Crippen molar-refractivity contribution in [2.75, 3.05) is 13.1 Å². The summed E-state index contributed by atoms with van der Waals surface area (Å²) in [6.07, 6.45) is 2.37. The third-order valence-corrected chi connectivity index (χ3v) is 4.81. The van der Waals surface area contributed by atoms with Crippen molar-refractivity contribution in [2.24, 2.45) is 0 Å². The smallest absolute Gasteiger partial charge is 0.233 e. The van der Waals surface area contributed by atoms with E-state index in [2.05, 4.69) is 16.1 Å². The fourth-order valence-electron chi connectivity index (χ4n) is 2.39.